The van der Waals surface area contributed by atoms with Crippen LogP contribution < -0.4 is 10.5 Å². The molecule has 2 aromatic heterocycles. The number of benzene rings is 1. The van der Waals surface area contributed by atoms with E-state index in [0.29, 0.717) is 22.8 Å². The van der Waals surface area contributed by atoms with Gasteiger partial charge >= 0.3 is 0 Å². The van der Waals surface area contributed by atoms with E-state index in [9.17, 15) is 18.4 Å². The second kappa shape index (κ2) is 7.07. The lowest BCUT2D eigenvalue weighted by molar-refractivity contribution is -0.0494. The Labute approximate surface area is 188 Å². The van der Waals surface area contributed by atoms with Gasteiger partial charge in [0.25, 0.3) is 17.4 Å². The van der Waals surface area contributed by atoms with Crippen LogP contribution >= 0.6 is 0 Å². The van der Waals surface area contributed by atoms with Crippen LogP contribution in [0.5, 0.6) is 0 Å². The van der Waals surface area contributed by atoms with Crippen molar-refractivity contribution in [2.24, 2.45) is 13.0 Å². The lowest BCUT2D eigenvalue weighted by Crippen LogP contribution is -2.42. The topological polar surface area (TPSA) is 71.3 Å². The highest BCUT2D eigenvalue weighted by Crippen LogP contribution is 2.55. The van der Waals surface area contributed by atoms with Gasteiger partial charge in [-0.3, -0.25) is 9.59 Å². The lowest BCUT2D eigenvalue weighted by atomic mass is 10.0. The summed E-state index contributed by atoms with van der Waals surface area (Å²) < 4.78 is 28.3. The van der Waals surface area contributed by atoms with Crippen molar-refractivity contribution in [3.05, 3.63) is 58.1 Å². The van der Waals surface area contributed by atoms with Crippen molar-refractivity contribution in [2.45, 2.75) is 31.1 Å². The molecule has 6 rings (SSSR count). The molecule has 7 nitrogen and oxygen atoms in total. The smallest absolute Gasteiger partial charge is 0.274 e. The third-order valence-electron chi connectivity index (χ3n) is 7.16. The van der Waals surface area contributed by atoms with Crippen LogP contribution in [0.25, 0.3) is 10.8 Å². The maximum absolute atomic E-state index is 13.5. The fraction of sp³-hybridized carbons (Fsp3) is 0.417. The summed E-state index contributed by atoms with van der Waals surface area (Å²) >= 11 is 0. The normalized spacial score (nSPS) is 23.2. The summed E-state index contributed by atoms with van der Waals surface area (Å²) in [4.78, 5) is 33.6. The number of piperidine rings is 1. The van der Waals surface area contributed by atoms with Crippen molar-refractivity contribution >= 4 is 28.2 Å². The van der Waals surface area contributed by atoms with Crippen LogP contribution in [0.4, 0.5) is 20.3 Å². The number of anilines is 2. The summed E-state index contributed by atoms with van der Waals surface area (Å²) in [6.45, 7) is 0.945. The molecule has 0 radical (unpaired) electrons. The number of fused-ring (bicyclic) bond motifs is 4. The lowest BCUT2D eigenvalue weighted by Gasteiger charge is -2.33. The van der Waals surface area contributed by atoms with Crippen LogP contribution in [0.2, 0.25) is 0 Å². The van der Waals surface area contributed by atoms with Gasteiger partial charge in [-0.2, -0.15) is 5.10 Å². The van der Waals surface area contributed by atoms with Crippen molar-refractivity contribution in [3.8, 4) is 0 Å². The molecule has 2 fully saturated rings. The molecule has 2 atom stereocenters. The number of halogens is 2. The minimum absolute atomic E-state index is 0.0612. The van der Waals surface area contributed by atoms with Gasteiger partial charge < -0.3 is 9.80 Å². The Hall–Kier alpha value is -3.36. The summed E-state index contributed by atoms with van der Waals surface area (Å²) in [5, 5.41) is 5.50. The third-order valence-corrected chi connectivity index (χ3v) is 7.16. The first-order chi connectivity index (χ1) is 15.8. The van der Waals surface area contributed by atoms with Gasteiger partial charge in [0.15, 0.2) is 0 Å². The summed E-state index contributed by atoms with van der Waals surface area (Å²) in [7, 11) is 1.63. The van der Waals surface area contributed by atoms with Crippen LogP contribution in [0.3, 0.4) is 0 Å². The van der Waals surface area contributed by atoms with Crippen LogP contribution in [-0.4, -0.2) is 51.1 Å². The third kappa shape index (κ3) is 3.37. The Bertz CT molecular complexity index is 1340. The number of carbonyl (C=O) groups is 1. The fourth-order valence-electron chi connectivity index (χ4n) is 5.08. The van der Waals surface area contributed by atoms with Crippen LogP contribution in [0, 0.1) is 5.92 Å². The van der Waals surface area contributed by atoms with Gasteiger partial charge in [0.1, 0.15) is 5.82 Å². The van der Waals surface area contributed by atoms with Crippen molar-refractivity contribution in [1.29, 1.82) is 0 Å². The average Bonchev–Trinajstić information content (AvgIpc) is 3.60. The molecule has 170 valence electrons. The Morgan fingerprint density at radius 2 is 1.94 bits per heavy atom. The zero-order chi connectivity index (χ0) is 22.9. The van der Waals surface area contributed by atoms with Gasteiger partial charge in [-0.05, 0) is 48.1 Å². The minimum Gasteiger partial charge on any atom is -0.338 e. The van der Waals surface area contributed by atoms with Gasteiger partial charge in [0.2, 0.25) is 0 Å². The molecule has 3 aliphatic rings. The molecule has 1 amide bonds. The molecule has 3 aromatic rings. The zero-order valence-electron chi connectivity index (χ0n) is 18.2. The van der Waals surface area contributed by atoms with Crippen LogP contribution in [-0.2, 0) is 7.05 Å². The van der Waals surface area contributed by atoms with E-state index >= 15 is 0 Å². The molecule has 1 aromatic carbocycles. The molecule has 0 N–H and O–H groups in total. The molecule has 0 spiro atoms. The Morgan fingerprint density at radius 3 is 2.73 bits per heavy atom. The molecular weight excluding hydrogens is 428 g/mol. The number of aryl methyl sites for hydroxylation is 1. The van der Waals surface area contributed by atoms with Crippen LogP contribution in [0.15, 0.2) is 41.5 Å². The van der Waals surface area contributed by atoms with Crippen molar-refractivity contribution in [3.63, 3.8) is 0 Å². The van der Waals surface area contributed by atoms with Gasteiger partial charge in [0, 0.05) is 56.8 Å². The van der Waals surface area contributed by atoms with E-state index in [4.69, 9.17) is 0 Å². The quantitative estimate of drug-likeness (QED) is 0.597. The Kier molecular flexibility index (Phi) is 4.34. The van der Waals surface area contributed by atoms with E-state index in [1.165, 1.54) is 9.58 Å². The maximum Gasteiger partial charge on any atom is 0.274 e. The molecule has 4 heterocycles. The Morgan fingerprint density at radius 1 is 1.15 bits per heavy atom. The number of nitrogens with zero attached hydrogens (tertiary/aromatic N) is 5. The highest BCUT2D eigenvalue weighted by molar-refractivity contribution is 5.95. The van der Waals surface area contributed by atoms with Crippen molar-refractivity contribution in [2.75, 3.05) is 24.5 Å². The number of alkyl halides is 2. The predicted molar refractivity (Wildman–Crippen MR) is 119 cm³/mol. The summed E-state index contributed by atoms with van der Waals surface area (Å²) in [5.74, 6) is -1.26. The zero-order valence-corrected chi connectivity index (χ0v) is 18.2. The second-order valence-corrected chi connectivity index (χ2v) is 9.34. The largest absolute Gasteiger partial charge is 0.338 e. The van der Waals surface area contributed by atoms with Gasteiger partial charge in [-0.15, -0.1) is 0 Å². The molecule has 33 heavy (non-hydrogen) atoms. The number of aromatic nitrogens is 3. The number of carbonyl (C=O) groups excluding carboxylic acids is 1. The number of pyridine rings is 1. The molecule has 1 saturated carbocycles. The van der Waals surface area contributed by atoms with Crippen molar-refractivity contribution in [1.82, 2.24) is 19.7 Å². The standard InChI is InChI=1S/C24H23F2N5O2/c1-29-23(33)18-3-2-17(8-14(18)12-28-29)31-13-16-10-19(16)20-9-15(11-27-21(20)31)22(32)30-6-4-24(25,26)5-7-30/h2-3,8-9,11-12,16,19H,4-7,10,13H2,1H3. The van der Waals surface area contributed by atoms with E-state index in [0.717, 1.165) is 35.4 Å². The fourth-order valence-corrected chi connectivity index (χ4v) is 5.08. The van der Waals surface area contributed by atoms with Crippen LogP contribution in [0.1, 0.15) is 41.1 Å². The second-order valence-electron chi connectivity index (χ2n) is 9.34. The molecule has 0 bridgehead atoms. The van der Waals surface area contributed by atoms with E-state index in [1.54, 1.807) is 19.4 Å². The minimum atomic E-state index is -2.69. The highest BCUT2D eigenvalue weighted by Gasteiger charge is 2.46. The SMILES string of the molecule is Cn1ncc2cc(N3CC4CC4c4cc(C(=O)N5CCC(F)(F)CC5)cnc43)ccc2c1=O. The van der Waals surface area contributed by atoms with E-state index in [-0.39, 0.29) is 37.4 Å². The van der Waals surface area contributed by atoms with E-state index in [1.807, 2.05) is 24.3 Å². The molecule has 2 unspecified atom stereocenters. The monoisotopic (exact) mass is 451 g/mol. The average molecular weight is 451 g/mol. The number of hydrogen-bond acceptors (Lipinski definition) is 5. The Balaban J connectivity index is 1.33. The van der Waals surface area contributed by atoms with Gasteiger partial charge in [-0.1, -0.05) is 0 Å². The summed E-state index contributed by atoms with van der Waals surface area (Å²) in [5.41, 5.74) is 2.27. The van der Waals surface area contributed by atoms with E-state index in [2.05, 4.69) is 15.0 Å². The van der Waals surface area contributed by atoms with Gasteiger partial charge in [-0.25, -0.2) is 18.4 Å². The first-order valence-corrected chi connectivity index (χ1v) is 11.2. The summed E-state index contributed by atoms with van der Waals surface area (Å²) in [6, 6.07) is 7.58. The highest BCUT2D eigenvalue weighted by atomic mass is 19.3. The number of rotatable bonds is 2. The number of amides is 1. The molecule has 1 aliphatic carbocycles. The predicted octanol–water partition coefficient (Wildman–Crippen LogP) is 3.46. The first-order valence-electron chi connectivity index (χ1n) is 11.2. The van der Waals surface area contributed by atoms with Gasteiger partial charge in [0.05, 0.1) is 17.1 Å². The molecular formula is C24H23F2N5O2. The van der Waals surface area contributed by atoms with E-state index < -0.39 is 5.92 Å². The number of likely N-dealkylation sites (tertiary alicyclic amines) is 1. The molecule has 1 saturated heterocycles. The maximum atomic E-state index is 13.5. The first kappa shape index (κ1) is 20.3. The molecule has 2 aliphatic heterocycles. The van der Waals surface area contributed by atoms with Crippen molar-refractivity contribution < 1.29 is 13.6 Å². The number of hydrogen-bond donors (Lipinski definition) is 0. The molecule has 9 heteroatoms. The summed E-state index contributed by atoms with van der Waals surface area (Å²) in [6.07, 6.45) is 3.68.